The number of Topliss-reactive ketones (excluding diaryl/α,β-unsaturated/α-hetero) is 1. The van der Waals surface area contributed by atoms with Crippen molar-refractivity contribution >= 4 is 27.7 Å². The van der Waals surface area contributed by atoms with E-state index in [-0.39, 0.29) is 31.3 Å². The van der Waals surface area contributed by atoms with Gasteiger partial charge in [0, 0.05) is 33.8 Å². The summed E-state index contributed by atoms with van der Waals surface area (Å²) in [5.74, 6) is 1.47. The van der Waals surface area contributed by atoms with E-state index < -0.39 is 11.9 Å². The van der Waals surface area contributed by atoms with Crippen LogP contribution in [-0.4, -0.2) is 53.4 Å². The second-order valence-electron chi connectivity index (χ2n) is 10.7. The fourth-order valence-corrected chi connectivity index (χ4v) is 6.49. The predicted octanol–water partition coefficient (Wildman–Crippen LogP) is 6.47. The summed E-state index contributed by atoms with van der Waals surface area (Å²) in [6.45, 7) is 2.04. The molecule has 236 valence electrons. The van der Waals surface area contributed by atoms with Crippen LogP contribution < -0.4 is 29.0 Å². The number of methoxy groups -OCH3 is 4. The maximum Gasteiger partial charge on any atom is 0.336 e. The highest BCUT2D eigenvalue weighted by atomic mass is 79.9. The minimum Gasteiger partial charge on any atom is -0.493 e. The summed E-state index contributed by atoms with van der Waals surface area (Å²) in [6.07, 6.45) is 0.812. The van der Waals surface area contributed by atoms with Gasteiger partial charge in [-0.3, -0.25) is 4.79 Å². The van der Waals surface area contributed by atoms with Crippen LogP contribution in [0.15, 0.2) is 87.7 Å². The SMILES string of the molecule is COc1ccc([C@H]2CC(=O)C3=C(C2)NC(C)=C(C(=O)OCCOc2ccccc2)[C@H]3c2cc(OC)c(OC)cc2Br)cc1OC. The second-order valence-corrected chi connectivity index (χ2v) is 11.5. The molecule has 0 radical (unpaired) electrons. The van der Waals surface area contributed by atoms with Gasteiger partial charge in [-0.05, 0) is 66.8 Å². The summed E-state index contributed by atoms with van der Waals surface area (Å²) in [5, 5.41) is 3.40. The van der Waals surface area contributed by atoms with Gasteiger partial charge in [-0.2, -0.15) is 0 Å². The number of carbonyl (C=O) groups is 2. The van der Waals surface area contributed by atoms with Crippen LogP contribution in [-0.2, 0) is 14.3 Å². The number of esters is 1. The van der Waals surface area contributed by atoms with E-state index >= 15 is 0 Å². The summed E-state index contributed by atoms with van der Waals surface area (Å²) in [6, 6.07) is 18.6. The second kappa shape index (κ2) is 14.1. The van der Waals surface area contributed by atoms with Crippen molar-refractivity contribution in [2.24, 2.45) is 0 Å². The number of ether oxygens (including phenoxy) is 6. The van der Waals surface area contributed by atoms with Crippen molar-refractivity contribution in [3.63, 3.8) is 0 Å². The monoisotopic (exact) mass is 677 g/mol. The molecule has 0 unspecified atom stereocenters. The lowest BCUT2D eigenvalue weighted by atomic mass is 9.71. The number of nitrogens with one attached hydrogen (secondary N) is 1. The van der Waals surface area contributed by atoms with Crippen LogP contribution in [0, 0.1) is 0 Å². The van der Waals surface area contributed by atoms with E-state index in [0.717, 1.165) is 11.3 Å². The van der Waals surface area contributed by atoms with Crippen LogP contribution in [0.1, 0.15) is 42.7 Å². The molecule has 0 amide bonds. The molecule has 9 nitrogen and oxygen atoms in total. The van der Waals surface area contributed by atoms with E-state index in [9.17, 15) is 9.59 Å². The molecular weight excluding hydrogens is 642 g/mol. The minimum atomic E-state index is -0.711. The summed E-state index contributed by atoms with van der Waals surface area (Å²) >= 11 is 3.68. The number of para-hydroxylation sites is 1. The first-order chi connectivity index (χ1) is 21.8. The van der Waals surface area contributed by atoms with E-state index in [4.69, 9.17) is 28.4 Å². The van der Waals surface area contributed by atoms with E-state index in [2.05, 4.69) is 21.2 Å². The average molecular weight is 679 g/mol. The van der Waals surface area contributed by atoms with Crippen LogP contribution in [0.2, 0.25) is 0 Å². The molecule has 0 spiro atoms. The van der Waals surface area contributed by atoms with Crippen LogP contribution in [0.4, 0.5) is 0 Å². The number of allylic oxidation sites excluding steroid dienone is 3. The number of rotatable bonds is 11. The van der Waals surface area contributed by atoms with Gasteiger partial charge in [-0.1, -0.05) is 40.2 Å². The lowest BCUT2D eigenvalue weighted by molar-refractivity contribution is -0.140. The van der Waals surface area contributed by atoms with Gasteiger partial charge in [0.15, 0.2) is 28.8 Å². The van der Waals surface area contributed by atoms with Gasteiger partial charge < -0.3 is 33.7 Å². The molecule has 10 heteroatoms. The Morgan fingerprint density at radius 3 is 2.20 bits per heavy atom. The summed E-state index contributed by atoms with van der Waals surface area (Å²) in [5.41, 5.74) is 3.89. The third kappa shape index (κ3) is 6.66. The number of halogens is 1. The van der Waals surface area contributed by atoms with E-state index in [1.165, 1.54) is 0 Å². The molecule has 0 aromatic heterocycles. The molecule has 2 atom stereocenters. The normalized spacial score (nSPS) is 17.7. The molecule has 0 fully saturated rings. The van der Waals surface area contributed by atoms with Crippen LogP contribution in [0.5, 0.6) is 28.7 Å². The molecule has 1 N–H and O–H groups in total. The molecule has 45 heavy (non-hydrogen) atoms. The van der Waals surface area contributed by atoms with Crippen molar-refractivity contribution in [2.75, 3.05) is 41.7 Å². The first-order valence-electron chi connectivity index (χ1n) is 14.5. The van der Waals surface area contributed by atoms with Crippen molar-refractivity contribution in [1.29, 1.82) is 0 Å². The Hall–Kier alpha value is -4.44. The number of benzene rings is 3. The highest BCUT2D eigenvalue weighted by molar-refractivity contribution is 9.10. The molecule has 5 rings (SSSR count). The molecule has 0 saturated heterocycles. The Bertz CT molecular complexity index is 1650. The fraction of sp³-hybridized carbons (Fsp3) is 0.314. The zero-order chi connectivity index (χ0) is 32.1. The summed E-state index contributed by atoms with van der Waals surface area (Å²) < 4.78 is 34.1. The summed E-state index contributed by atoms with van der Waals surface area (Å²) in [4.78, 5) is 27.9. The van der Waals surface area contributed by atoms with Gasteiger partial charge in [0.2, 0.25) is 0 Å². The van der Waals surface area contributed by atoms with Gasteiger partial charge in [-0.15, -0.1) is 0 Å². The van der Waals surface area contributed by atoms with Gasteiger partial charge in [0.05, 0.1) is 34.0 Å². The standard InChI is InChI=1S/C35H36BrNO8/c1-20-32(35(39)45-14-13-44-23-9-7-6-8-10-23)33(24-18-30(42-4)31(43-5)19-25(24)36)34-26(37-20)15-22(16-27(34)38)21-11-12-28(40-2)29(17-21)41-3/h6-12,17-19,22,33,37H,13-16H2,1-5H3/t22-,33-/m1/s1. The third-order valence-corrected chi connectivity index (χ3v) is 8.76. The van der Waals surface area contributed by atoms with Crippen LogP contribution in [0.25, 0.3) is 0 Å². The predicted molar refractivity (Wildman–Crippen MR) is 172 cm³/mol. The fourth-order valence-electron chi connectivity index (χ4n) is 5.94. The molecule has 1 heterocycles. The molecular formula is C35H36BrNO8. The number of hydrogen-bond acceptors (Lipinski definition) is 9. The number of carbonyl (C=O) groups excluding carboxylic acids is 2. The lowest BCUT2D eigenvalue weighted by Gasteiger charge is -2.37. The van der Waals surface area contributed by atoms with Gasteiger partial charge in [0.25, 0.3) is 0 Å². The first-order valence-corrected chi connectivity index (χ1v) is 15.3. The number of ketones is 1. The number of hydrogen-bond donors (Lipinski definition) is 1. The van der Waals surface area contributed by atoms with Crippen molar-refractivity contribution < 1.29 is 38.0 Å². The van der Waals surface area contributed by atoms with Crippen LogP contribution in [0.3, 0.4) is 0 Å². The Morgan fingerprint density at radius 1 is 0.844 bits per heavy atom. The highest BCUT2D eigenvalue weighted by Gasteiger charge is 2.42. The smallest absolute Gasteiger partial charge is 0.336 e. The minimum absolute atomic E-state index is 0.0333. The zero-order valence-electron chi connectivity index (χ0n) is 25.9. The topological polar surface area (TPSA) is 102 Å². The molecule has 0 bridgehead atoms. The van der Waals surface area contributed by atoms with Gasteiger partial charge in [-0.25, -0.2) is 4.79 Å². The Morgan fingerprint density at radius 2 is 1.51 bits per heavy atom. The van der Waals surface area contributed by atoms with Crippen molar-refractivity contribution in [1.82, 2.24) is 5.32 Å². The van der Waals surface area contributed by atoms with Crippen molar-refractivity contribution in [3.05, 3.63) is 98.8 Å². The van der Waals surface area contributed by atoms with Crippen LogP contribution >= 0.6 is 15.9 Å². The first kappa shape index (κ1) is 32.0. The largest absolute Gasteiger partial charge is 0.493 e. The zero-order valence-corrected chi connectivity index (χ0v) is 27.5. The Labute approximate surface area is 271 Å². The molecule has 2 aliphatic rings. The average Bonchev–Trinajstić information content (AvgIpc) is 3.05. The van der Waals surface area contributed by atoms with Gasteiger partial charge >= 0.3 is 5.97 Å². The molecule has 1 aliphatic heterocycles. The molecule has 1 aliphatic carbocycles. The Balaban J connectivity index is 1.50. The van der Waals surface area contributed by atoms with Crippen molar-refractivity contribution in [3.8, 4) is 28.7 Å². The third-order valence-electron chi connectivity index (χ3n) is 8.07. The highest BCUT2D eigenvalue weighted by Crippen LogP contribution is 2.49. The summed E-state index contributed by atoms with van der Waals surface area (Å²) in [7, 11) is 6.28. The Kier molecular flexibility index (Phi) is 10.0. The van der Waals surface area contributed by atoms with Crippen molar-refractivity contribution in [2.45, 2.75) is 31.6 Å². The van der Waals surface area contributed by atoms with E-state index in [0.29, 0.717) is 62.0 Å². The molecule has 0 saturated carbocycles. The lowest BCUT2D eigenvalue weighted by Crippen LogP contribution is -2.36. The molecule has 3 aromatic carbocycles. The van der Waals surface area contributed by atoms with E-state index in [1.807, 2.05) is 55.5 Å². The maximum atomic E-state index is 14.1. The molecule has 3 aromatic rings. The van der Waals surface area contributed by atoms with Gasteiger partial charge in [0.1, 0.15) is 19.0 Å². The number of dihydropyridines is 1. The quantitative estimate of drug-likeness (QED) is 0.181. The van der Waals surface area contributed by atoms with E-state index in [1.54, 1.807) is 40.6 Å². The maximum absolute atomic E-state index is 14.1.